The van der Waals surface area contributed by atoms with E-state index in [4.69, 9.17) is 19.4 Å². The fourth-order valence-corrected chi connectivity index (χ4v) is 8.79. The number of likely N-dealkylation sites (tertiary alicyclic amines) is 1. The van der Waals surface area contributed by atoms with E-state index in [0.717, 1.165) is 46.8 Å². The number of carbonyl (C=O) groups is 4. The zero-order valence-corrected chi connectivity index (χ0v) is 35.3. The van der Waals surface area contributed by atoms with Crippen LogP contribution in [0.1, 0.15) is 85.1 Å². The maximum atomic E-state index is 14.6. The number of hydrogen-bond donors (Lipinski definition) is 3. The van der Waals surface area contributed by atoms with Crippen molar-refractivity contribution in [1.29, 1.82) is 0 Å². The number of thiazole rings is 1. The number of aliphatic carboxylic acids is 1. The van der Waals surface area contributed by atoms with Gasteiger partial charge >= 0.3 is 12.1 Å². The highest BCUT2D eigenvalue weighted by atomic mass is 79.9. The Kier molecular flexibility index (Phi) is 12.0. The van der Waals surface area contributed by atoms with Crippen molar-refractivity contribution in [3.8, 4) is 17.1 Å². The Balaban J connectivity index is 1.33. The van der Waals surface area contributed by atoms with E-state index >= 15 is 0 Å². The molecule has 300 valence electrons. The molecule has 6 rings (SSSR count). The van der Waals surface area contributed by atoms with Gasteiger partial charge in [-0.2, -0.15) is 0 Å². The lowest BCUT2D eigenvalue weighted by Crippen LogP contribution is -2.57. The highest BCUT2D eigenvalue weighted by Crippen LogP contribution is 2.56. The molecule has 56 heavy (non-hydrogen) atoms. The summed E-state index contributed by atoms with van der Waals surface area (Å²) in [5, 5.41) is 19.6. The van der Waals surface area contributed by atoms with Crippen LogP contribution in [0.15, 0.2) is 53.0 Å². The van der Waals surface area contributed by atoms with Crippen LogP contribution in [0.4, 0.5) is 9.93 Å². The van der Waals surface area contributed by atoms with E-state index < -0.39 is 47.0 Å². The van der Waals surface area contributed by atoms with E-state index in [-0.39, 0.29) is 43.1 Å². The number of ketones is 1. The molecule has 1 aromatic carbocycles. The van der Waals surface area contributed by atoms with Crippen LogP contribution in [0, 0.1) is 29.6 Å². The number of halogens is 1. The molecule has 0 spiro atoms. The summed E-state index contributed by atoms with van der Waals surface area (Å²) >= 11 is 5.16. The van der Waals surface area contributed by atoms with Crippen LogP contribution in [0.3, 0.4) is 0 Å². The third-order valence-corrected chi connectivity index (χ3v) is 13.1. The average molecular weight is 851 g/mol. The number of alkyl carbamates (subject to hydrolysis) is 1. The SMILES string of the molecule is C=C[C@@H]1C[C@]1(CC(=O)[C@@H]1C[C@@H](Oc2cc(-c3csc(NC(=C)C(C)C)n3)nc3c(Br)c(C)ccc23)CN1C(=O)[C@@H](NC(=O)OC1CCCC1)C(C)(C)C)C(=O)O. The van der Waals surface area contributed by atoms with Gasteiger partial charge < -0.3 is 30.1 Å². The molecule has 1 aliphatic heterocycles. The fourth-order valence-electron chi connectivity index (χ4n) is 7.62. The Labute approximate surface area is 340 Å². The largest absolute Gasteiger partial charge is 0.488 e. The number of benzene rings is 1. The first kappa shape index (κ1) is 41.3. The monoisotopic (exact) mass is 849 g/mol. The number of pyridine rings is 1. The summed E-state index contributed by atoms with van der Waals surface area (Å²) in [4.78, 5) is 65.7. The highest BCUT2D eigenvalue weighted by Gasteiger charge is 2.61. The van der Waals surface area contributed by atoms with Crippen LogP contribution in [-0.2, 0) is 19.1 Å². The van der Waals surface area contributed by atoms with Crippen LogP contribution < -0.4 is 15.4 Å². The molecule has 3 N–H and O–H groups in total. The van der Waals surface area contributed by atoms with Gasteiger partial charge in [-0.3, -0.25) is 14.4 Å². The van der Waals surface area contributed by atoms with Gasteiger partial charge in [0.05, 0.1) is 29.2 Å². The molecule has 12 nitrogen and oxygen atoms in total. The maximum absolute atomic E-state index is 14.6. The number of amides is 2. The minimum atomic E-state index is -1.26. The Hall–Kier alpha value is -4.30. The molecule has 2 aromatic heterocycles. The fraction of sp³-hybridized carbons (Fsp3) is 0.524. The number of fused-ring (bicyclic) bond motifs is 1. The molecular formula is C42H52BrN5O7S. The van der Waals surface area contributed by atoms with Crippen molar-refractivity contribution < 1.29 is 33.8 Å². The lowest BCUT2D eigenvalue weighted by atomic mass is 9.85. The van der Waals surface area contributed by atoms with Crippen molar-refractivity contribution >= 4 is 67.1 Å². The van der Waals surface area contributed by atoms with Crippen molar-refractivity contribution in [3.63, 3.8) is 0 Å². The number of nitrogens with one attached hydrogen (secondary N) is 2. The van der Waals surface area contributed by atoms with Crippen LogP contribution in [0.5, 0.6) is 5.75 Å². The number of aryl methyl sites for hydroxylation is 1. The van der Waals surface area contributed by atoms with E-state index in [1.54, 1.807) is 6.08 Å². The molecule has 0 unspecified atom stereocenters. The smallest absolute Gasteiger partial charge is 0.408 e. The van der Waals surface area contributed by atoms with Gasteiger partial charge in [0.15, 0.2) is 10.9 Å². The molecule has 3 heterocycles. The number of hydrogen-bond acceptors (Lipinski definition) is 10. The predicted molar refractivity (Wildman–Crippen MR) is 221 cm³/mol. The van der Waals surface area contributed by atoms with E-state index in [1.165, 1.54) is 16.2 Å². The zero-order chi connectivity index (χ0) is 40.7. The maximum Gasteiger partial charge on any atom is 0.408 e. The van der Waals surface area contributed by atoms with Crippen LogP contribution in [0.2, 0.25) is 0 Å². The Morgan fingerprint density at radius 3 is 2.48 bits per heavy atom. The third-order valence-electron chi connectivity index (χ3n) is 11.3. The normalized spacial score (nSPS) is 22.9. The first-order chi connectivity index (χ1) is 26.4. The van der Waals surface area contributed by atoms with E-state index in [0.29, 0.717) is 34.2 Å². The number of ether oxygens (including phenoxy) is 2. The number of carboxylic acid groups (broad SMARTS) is 1. The number of anilines is 1. The summed E-state index contributed by atoms with van der Waals surface area (Å²) in [6.45, 7) is 19.5. The second kappa shape index (κ2) is 16.3. The second-order valence-electron chi connectivity index (χ2n) is 16.8. The Morgan fingerprint density at radius 1 is 1.14 bits per heavy atom. The van der Waals surface area contributed by atoms with E-state index in [2.05, 4.69) is 39.7 Å². The minimum absolute atomic E-state index is 0.0282. The van der Waals surface area contributed by atoms with Crippen molar-refractivity contribution in [2.75, 3.05) is 11.9 Å². The highest BCUT2D eigenvalue weighted by molar-refractivity contribution is 9.10. The minimum Gasteiger partial charge on any atom is -0.488 e. The molecule has 3 aromatic rings. The molecule has 1 saturated heterocycles. The second-order valence-corrected chi connectivity index (χ2v) is 18.5. The number of rotatable bonds is 14. The van der Waals surface area contributed by atoms with Gasteiger partial charge in [-0.05, 0) is 83.8 Å². The van der Waals surface area contributed by atoms with E-state index in [9.17, 15) is 24.3 Å². The number of carboxylic acids is 1. The summed E-state index contributed by atoms with van der Waals surface area (Å²) in [7, 11) is 0. The van der Waals surface area contributed by atoms with Crippen molar-refractivity contribution in [1.82, 2.24) is 20.2 Å². The first-order valence-corrected chi connectivity index (χ1v) is 20.9. The average Bonchev–Trinajstić information content (AvgIpc) is 3.55. The first-order valence-electron chi connectivity index (χ1n) is 19.3. The molecule has 0 radical (unpaired) electrons. The number of aromatic nitrogens is 2. The van der Waals surface area contributed by atoms with Crippen molar-refractivity contribution in [2.45, 2.75) is 111 Å². The van der Waals surface area contributed by atoms with Gasteiger partial charge in [0.1, 0.15) is 29.7 Å². The summed E-state index contributed by atoms with van der Waals surface area (Å²) in [5.74, 6) is -1.53. The summed E-state index contributed by atoms with van der Waals surface area (Å²) in [5.41, 5.74) is 1.67. The third kappa shape index (κ3) is 8.66. The standard InChI is InChI=1S/C42H52BrN5O7S/c1-9-25-18-42(25,38(51)52)19-32(49)31-16-27(20-48(31)37(50)36(41(6,7)8)47-40(53)55-26-12-10-11-13-26)54-33-17-29(45-35-28(33)15-14-23(4)34(35)43)30-21-56-39(46-30)44-24(5)22(2)3/h9,14-15,17,21-22,25-27,31,36H,1,5,10-13,16,18-20H2,2-4,6-8H3,(H,44,46)(H,47,53)(H,51,52)/t25-,27-,31+,36-,42-/m1/s1. The molecule has 2 aliphatic carbocycles. The molecule has 0 bridgehead atoms. The van der Waals surface area contributed by atoms with Gasteiger partial charge in [-0.1, -0.05) is 53.3 Å². The van der Waals surface area contributed by atoms with Crippen molar-refractivity contribution in [3.05, 3.63) is 58.5 Å². The summed E-state index contributed by atoms with van der Waals surface area (Å²) in [6, 6.07) is 3.68. The van der Waals surface area contributed by atoms with Crippen molar-refractivity contribution in [2.24, 2.45) is 22.7 Å². The van der Waals surface area contributed by atoms with Gasteiger partial charge in [0, 0.05) is 39.8 Å². The zero-order valence-electron chi connectivity index (χ0n) is 32.9. The van der Waals surface area contributed by atoms with E-state index in [1.807, 2.05) is 65.1 Å². The number of allylic oxidation sites excluding steroid dienone is 2. The quantitative estimate of drug-likeness (QED) is 0.134. The molecular weight excluding hydrogens is 798 g/mol. The molecule has 2 amide bonds. The van der Waals surface area contributed by atoms with Crippen LogP contribution in [0.25, 0.3) is 22.3 Å². The molecule has 3 fully saturated rings. The number of carbonyl (C=O) groups excluding carboxylic acids is 3. The number of nitrogens with zero attached hydrogens (tertiary/aromatic N) is 3. The molecule has 14 heteroatoms. The lowest BCUT2D eigenvalue weighted by Gasteiger charge is -2.35. The summed E-state index contributed by atoms with van der Waals surface area (Å²) in [6.07, 6.45) is 3.71. The molecule has 2 saturated carbocycles. The Morgan fingerprint density at radius 2 is 1.86 bits per heavy atom. The van der Waals surface area contributed by atoms with Gasteiger partial charge in [-0.25, -0.2) is 14.8 Å². The lowest BCUT2D eigenvalue weighted by molar-refractivity contribution is -0.147. The van der Waals surface area contributed by atoms with Crippen LogP contribution in [-0.4, -0.2) is 74.6 Å². The molecule has 5 atom stereocenters. The van der Waals surface area contributed by atoms with Gasteiger partial charge in [-0.15, -0.1) is 17.9 Å². The van der Waals surface area contributed by atoms with Crippen LogP contribution >= 0.6 is 27.3 Å². The predicted octanol–water partition coefficient (Wildman–Crippen LogP) is 8.68. The Bertz CT molecular complexity index is 2050. The van der Waals surface area contributed by atoms with Gasteiger partial charge in [0.25, 0.3) is 0 Å². The number of Topliss-reactive ketones (excluding diaryl/α,β-unsaturated/α-hetero) is 1. The molecule has 3 aliphatic rings. The topological polar surface area (TPSA) is 160 Å². The van der Waals surface area contributed by atoms with Gasteiger partial charge in [0.2, 0.25) is 5.91 Å². The summed E-state index contributed by atoms with van der Waals surface area (Å²) < 4.78 is 13.2.